The van der Waals surface area contributed by atoms with Crippen LogP contribution in [0.2, 0.25) is 0 Å². The number of hydrogen-bond donors (Lipinski definition) is 2. The predicted molar refractivity (Wildman–Crippen MR) is 21.8 cm³/mol. The van der Waals surface area contributed by atoms with Crippen molar-refractivity contribution in [3.63, 3.8) is 0 Å². The summed E-state index contributed by atoms with van der Waals surface area (Å²) in [5.41, 5.74) is 0. The smallest absolute Gasteiger partial charge is 0.481 e. The topological polar surface area (TPSA) is 78.9 Å². The van der Waals surface area contributed by atoms with Crippen molar-refractivity contribution in [3.05, 3.63) is 0 Å². The molecule has 0 unspecified atom stereocenters. The van der Waals surface area contributed by atoms with Crippen LogP contribution in [-0.2, 0) is 4.79 Å². The van der Waals surface area contributed by atoms with Crippen LogP contribution in [0.15, 0.2) is 0 Å². The molecule has 0 aliphatic carbocycles. The van der Waals surface area contributed by atoms with Crippen LogP contribution in [0.25, 0.3) is 0 Å². The minimum Gasteiger partial charge on any atom is -0.481 e. The highest BCUT2D eigenvalue weighted by Gasteiger charge is 2.09. The number of carboxylic acids is 2. The standard InChI is InChI=1S/C3H4O4/c4-2(5)1-3(6)7/h1H2,(H,4,5)(H,6,7)/p+1. The average molecular weight is 105 g/mol. The summed E-state index contributed by atoms with van der Waals surface area (Å²) in [5, 5.41) is 15.6. The Balaban J connectivity index is 3.32. The molecule has 0 heterocycles. The highest BCUT2D eigenvalue weighted by molar-refractivity contribution is 5.89. The highest BCUT2D eigenvalue weighted by Crippen LogP contribution is 1.73. The largest absolute Gasteiger partial charge is 0.492 e. The summed E-state index contributed by atoms with van der Waals surface area (Å²) in [6.07, 6.45) is -0.694. The molecule has 4 nitrogen and oxygen atoms in total. The minimum absolute atomic E-state index is 0.694. The maximum absolute atomic E-state index is 9.47. The first-order valence-electron chi connectivity index (χ1n) is 1.58. The fraction of sp³-hybridized carbons (Fsp3) is 0.333. The SMILES string of the molecule is O=C(O)CC(O)=[OH+]. The van der Waals surface area contributed by atoms with Crippen LogP contribution in [0.4, 0.5) is 0 Å². The summed E-state index contributed by atoms with van der Waals surface area (Å²) in [5.74, 6) is -2.31. The summed E-state index contributed by atoms with van der Waals surface area (Å²) >= 11 is 0. The Bertz CT molecular complexity index is 83.1. The van der Waals surface area contributed by atoms with E-state index >= 15 is 0 Å². The Hall–Kier alpha value is -1.06. The van der Waals surface area contributed by atoms with E-state index in [0.29, 0.717) is 0 Å². The lowest BCUT2D eigenvalue weighted by Crippen LogP contribution is -2.04. The number of carboxylic acid groups (broad SMARTS) is 2. The number of rotatable bonds is 2. The number of carbonyl (C=O) groups is 1. The molecule has 0 radical (unpaired) electrons. The van der Waals surface area contributed by atoms with Gasteiger partial charge in [-0.25, -0.2) is 0 Å². The van der Waals surface area contributed by atoms with E-state index in [0.717, 1.165) is 0 Å². The first-order chi connectivity index (χ1) is 3.13. The van der Waals surface area contributed by atoms with E-state index in [-0.39, 0.29) is 0 Å². The molecular weight excluding hydrogens is 100 g/mol. The van der Waals surface area contributed by atoms with E-state index < -0.39 is 18.4 Å². The summed E-state index contributed by atoms with van der Waals surface area (Å²) in [6, 6.07) is 0. The molecule has 0 saturated carbocycles. The lowest BCUT2D eigenvalue weighted by molar-refractivity contribution is -0.135. The van der Waals surface area contributed by atoms with Crippen molar-refractivity contribution in [2.24, 2.45) is 0 Å². The van der Waals surface area contributed by atoms with Gasteiger partial charge >= 0.3 is 11.9 Å². The molecule has 0 saturated heterocycles. The van der Waals surface area contributed by atoms with Crippen molar-refractivity contribution in [3.8, 4) is 0 Å². The highest BCUT2D eigenvalue weighted by atomic mass is 16.4. The van der Waals surface area contributed by atoms with Crippen molar-refractivity contribution in [2.75, 3.05) is 0 Å². The third-order valence-corrected chi connectivity index (χ3v) is 0.309. The molecule has 40 valence electrons. The van der Waals surface area contributed by atoms with Crippen molar-refractivity contribution < 1.29 is 19.8 Å². The van der Waals surface area contributed by atoms with Crippen LogP contribution in [0, 0.1) is 0 Å². The van der Waals surface area contributed by atoms with Gasteiger partial charge in [0.05, 0.1) is 0 Å². The van der Waals surface area contributed by atoms with Gasteiger partial charge in [-0.1, -0.05) is 0 Å². The van der Waals surface area contributed by atoms with Gasteiger partial charge in [0.15, 0.2) is 6.42 Å². The molecule has 0 amide bonds. The molecule has 0 aromatic heterocycles. The Labute approximate surface area is 39.4 Å². The van der Waals surface area contributed by atoms with Gasteiger partial charge in [-0.05, 0) is 0 Å². The predicted octanol–water partition coefficient (Wildman–Crippen LogP) is -0.478. The van der Waals surface area contributed by atoms with Crippen molar-refractivity contribution in [2.45, 2.75) is 6.42 Å². The van der Waals surface area contributed by atoms with Gasteiger partial charge in [0.25, 0.3) is 0 Å². The van der Waals surface area contributed by atoms with Gasteiger partial charge in [0.1, 0.15) is 0 Å². The summed E-state index contributed by atoms with van der Waals surface area (Å²) in [7, 11) is 0. The monoisotopic (exact) mass is 105 g/mol. The van der Waals surface area contributed by atoms with Gasteiger partial charge in [-0.15, -0.1) is 0 Å². The Kier molecular flexibility index (Phi) is 1.84. The van der Waals surface area contributed by atoms with Crippen LogP contribution in [0.3, 0.4) is 0 Å². The second-order valence-electron chi connectivity index (χ2n) is 0.987. The maximum atomic E-state index is 9.47. The van der Waals surface area contributed by atoms with Crippen LogP contribution in [0.5, 0.6) is 0 Å². The second kappa shape index (κ2) is 2.17. The number of aliphatic carboxylic acids is 2. The molecule has 0 aliphatic heterocycles. The van der Waals surface area contributed by atoms with E-state index in [1.807, 2.05) is 0 Å². The number of hydrogen-bond acceptors (Lipinski definition) is 1. The zero-order valence-electron chi connectivity index (χ0n) is 3.46. The third-order valence-electron chi connectivity index (χ3n) is 0.309. The van der Waals surface area contributed by atoms with E-state index in [1.165, 1.54) is 0 Å². The van der Waals surface area contributed by atoms with Crippen LogP contribution in [0.1, 0.15) is 6.42 Å². The fourth-order valence-electron chi connectivity index (χ4n) is 0.135. The van der Waals surface area contributed by atoms with Crippen molar-refractivity contribution in [1.29, 1.82) is 0 Å². The lowest BCUT2D eigenvalue weighted by atomic mass is 10.5. The summed E-state index contributed by atoms with van der Waals surface area (Å²) in [6.45, 7) is 0. The van der Waals surface area contributed by atoms with E-state index in [2.05, 4.69) is 0 Å². The molecule has 7 heavy (non-hydrogen) atoms. The number of aliphatic hydroxyl groups excluding tert-OH is 1. The third kappa shape index (κ3) is 4.94. The summed E-state index contributed by atoms with van der Waals surface area (Å²) in [4.78, 5) is 17.3. The molecule has 0 aromatic carbocycles. The van der Waals surface area contributed by atoms with Gasteiger partial charge < -0.3 is 15.0 Å². The Morgan fingerprint density at radius 1 is 1.57 bits per heavy atom. The van der Waals surface area contributed by atoms with Gasteiger partial charge in [0.2, 0.25) is 0 Å². The van der Waals surface area contributed by atoms with Crippen molar-refractivity contribution >= 4 is 11.9 Å². The first-order valence-corrected chi connectivity index (χ1v) is 1.58. The molecule has 0 aromatic rings. The van der Waals surface area contributed by atoms with Gasteiger partial charge in [-0.3, -0.25) is 4.79 Å². The quantitative estimate of drug-likeness (QED) is 0.367. The second-order valence-corrected chi connectivity index (χ2v) is 0.987. The molecule has 3 N–H and O–H groups in total. The van der Waals surface area contributed by atoms with Gasteiger partial charge in [0, 0.05) is 0 Å². The Morgan fingerprint density at radius 3 is 2.00 bits per heavy atom. The van der Waals surface area contributed by atoms with Crippen LogP contribution >= 0.6 is 0 Å². The molecular formula is C3H5O4+. The molecule has 0 rings (SSSR count). The molecule has 4 heteroatoms. The Morgan fingerprint density at radius 2 is 2.00 bits per heavy atom. The van der Waals surface area contributed by atoms with E-state index in [1.54, 1.807) is 0 Å². The molecule has 0 bridgehead atoms. The summed E-state index contributed by atoms with van der Waals surface area (Å²) < 4.78 is 0. The molecule has 0 atom stereocenters. The maximum Gasteiger partial charge on any atom is 0.492 e. The van der Waals surface area contributed by atoms with Crippen LogP contribution in [-0.4, -0.2) is 26.9 Å². The van der Waals surface area contributed by atoms with Crippen molar-refractivity contribution in [1.82, 2.24) is 0 Å². The van der Waals surface area contributed by atoms with E-state index in [4.69, 9.17) is 15.0 Å². The van der Waals surface area contributed by atoms with Crippen LogP contribution < -0.4 is 0 Å². The molecule has 0 spiro atoms. The average Bonchev–Trinajstić information content (AvgIpc) is 1.27. The zero-order chi connectivity index (χ0) is 5.86. The molecule has 0 aliphatic rings. The normalized spacial score (nSPS) is 8.00. The first kappa shape index (κ1) is 5.94. The van der Waals surface area contributed by atoms with E-state index in [9.17, 15) is 4.79 Å². The minimum atomic E-state index is -1.25. The zero-order valence-corrected chi connectivity index (χ0v) is 3.46. The lowest BCUT2D eigenvalue weighted by Gasteiger charge is -1.74. The molecule has 0 fully saturated rings. The fourth-order valence-corrected chi connectivity index (χ4v) is 0.135. The van der Waals surface area contributed by atoms with Gasteiger partial charge in [-0.2, -0.15) is 0 Å².